The quantitative estimate of drug-likeness (QED) is 0.601. The number of carboxylic acids is 1. The van der Waals surface area contributed by atoms with E-state index < -0.39 is 5.97 Å². The largest absolute Gasteiger partial charge is 0.480 e. The Bertz CT molecular complexity index is 94.6. The Hall–Kier alpha value is 0.290. The first-order valence-corrected chi connectivity index (χ1v) is 4.18. The molecule has 0 aromatic carbocycles. The van der Waals surface area contributed by atoms with E-state index in [1.165, 1.54) is 0 Å². The van der Waals surface area contributed by atoms with Crippen LogP contribution in [0.15, 0.2) is 0 Å². The zero-order chi connectivity index (χ0) is 7.28. The molecule has 5 heteroatoms. The maximum absolute atomic E-state index is 10.1. The van der Waals surface area contributed by atoms with Crippen molar-refractivity contribution in [1.82, 2.24) is 4.90 Å². The fourth-order valence-corrected chi connectivity index (χ4v) is 1.25. The van der Waals surface area contributed by atoms with E-state index in [0.717, 1.165) is 0 Å². The molecule has 9 heavy (non-hydrogen) atoms. The molecule has 0 heterocycles. The summed E-state index contributed by atoms with van der Waals surface area (Å²) in [5.41, 5.74) is 0. The molecule has 54 valence electrons. The van der Waals surface area contributed by atoms with Crippen LogP contribution in [0.25, 0.3) is 0 Å². The monoisotopic (exact) mass is 167 g/mol. The minimum Gasteiger partial charge on any atom is -0.480 e. The van der Waals surface area contributed by atoms with E-state index in [-0.39, 0.29) is 6.54 Å². The first-order valence-electron chi connectivity index (χ1n) is 2.55. The van der Waals surface area contributed by atoms with Crippen LogP contribution in [0.5, 0.6) is 0 Å². The van der Waals surface area contributed by atoms with Gasteiger partial charge in [-0.05, 0) is 0 Å². The van der Waals surface area contributed by atoms with Gasteiger partial charge in [0.2, 0.25) is 0 Å². The second kappa shape index (κ2) is 5.10. The van der Waals surface area contributed by atoms with Gasteiger partial charge in [0.25, 0.3) is 0 Å². The molecule has 2 unspecified atom stereocenters. The van der Waals surface area contributed by atoms with E-state index in [0.29, 0.717) is 12.6 Å². The van der Waals surface area contributed by atoms with Crippen molar-refractivity contribution in [2.45, 2.75) is 0 Å². The lowest BCUT2D eigenvalue weighted by molar-refractivity contribution is -0.137. The minimum atomic E-state index is -0.778. The van der Waals surface area contributed by atoms with Crippen LogP contribution in [-0.2, 0) is 4.79 Å². The molecule has 1 N–H and O–H groups in total. The van der Waals surface area contributed by atoms with Crippen LogP contribution in [-0.4, -0.2) is 35.1 Å². The van der Waals surface area contributed by atoms with Gasteiger partial charge in [-0.3, -0.25) is 9.69 Å². The normalized spacial score (nSPS) is 10.1. The molecule has 0 radical (unpaired) electrons. The summed E-state index contributed by atoms with van der Waals surface area (Å²) in [5.74, 6) is -0.778. The highest BCUT2D eigenvalue weighted by Crippen LogP contribution is 1.96. The fraction of sp³-hybridized carbons (Fsp3) is 0.750. The SMILES string of the molecule is O=C(O)CN(CP)CP. The topological polar surface area (TPSA) is 40.5 Å². The van der Waals surface area contributed by atoms with Gasteiger partial charge in [0.1, 0.15) is 0 Å². The molecule has 0 rings (SSSR count). The number of carbonyl (C=O) groups is 1. The molecular weight excluding hydrogens is 156 g/mol. The number of hydrogen-bond acceptors (Lipinski definition) is 2. The molecule has 0 aromatic heterocycles. The molecule has 0 aliphatic rings. The second-order valence-corrected chi connectivity index (χ2v) is 2.32. The first kappa shape index (κ1) is 9.29. The molecule has 0 bridgehead atoms. The lowest BCUT2D eigenvalue weighted by Gasteiger charge is -2.13. The Kier molecular flexibility index (Phi) is 5.27. The highest BCUT2D eigenvalue weighted by Gasteiger charge is 2.02. The van der Waals surface area contributed by atoms with Crippen molar-refractivity contribution in [3.05, 3.63) is 0 Å². The summed E-state index contributed by atoms with van der Waals surface area (Å²) in [6.07, 6.45) is 1.41. The van der Waals surface area contributed by atoms with Gasteiger partial charge in [0, 0.05) is 12.6 Å². The number of rotatable bonds is 4. The van der Waals surface area contributed by atoms with Gasteiger partial charge in [-0.2, -0.15) is 0 Å². The van der Waals surface area contributed by atoms with Crippen LogP contribution in [0.1, 0.15) is 0 Å². The van der Waals surface area contributed by atoms with Crippen molar-refractivity contribution in [3.8, 4) is 0 Å². The van der Waals surface area contributed by atoms with Gasteiger partial charge >= 0.3 is 5.97 Å². The van der Waals surface area contributed by atoms with Crippen LogP contribution in [0, 0.1) is 0 Å². The maximum atomic E-state index is 10.1. The third-order valence-corrected chi connectivity index (χ3v) is 1.91. The Morgan fingerprint density at radius 3 is 2.00 bits per heavy atom. The third kappa shape index (κ3) is 4.77. The van der Waals surface area contributed by atoms with Gasteiger partial charge in [-0.15, -0.1) is 18.5 Å². The van der Waals surface area contributed by atoms with Crippen LogP contribution < -0.4 is 0 Å². The Morgan fingerprint density at radius 1 is 1.44 bits per heavy atom. The van der Waals surface area contributed by atoms with E-state index in [2.05, 4.69) is 18.5 Å². The number of nitrogens with zero attached hydrogens (tertiary/aromatic N) is 1. The van der Waals surface area contributed by atoms with Crippen molar-refractivity contribution < 1.29 is 9.90 Å². The van der Waals surface area contributed by atoms with Crippen molar-refractivity contribution in [2.24, 2.45) is 0 Å². The van der Waals surface area contributed by atoms with Crippen molar-refractivity contribution in [2.75, 3.05) is 19.1 Å². The van der Waals surface area contributed by atoms with E-state index in [1.807, 2.05) is 0 Å². The lowest BCUT2D eigenvalue weighted by Crippen LogP contribution is -2.26. The summed E-state index contributed by atoms with van der Waals surface area (Å²) < 4.78 is 0. The summed E-state index contributed by atoms with van der Waals surface area (Å²) in [5, 5.41) is 8.29. The summed E-state index contributed by atoms with van der Waals surface area (Å²) >= 11 is 0. The summed E-state index contributed by atoms with van der Waals surface area (Å²) in [6, 6.07) is 0. The number of hydrogen-bond donors (Lipinski definition) is 1. The molecule has 0 saturated heterocycles. The van der Waals surface area contributed by atoms with Crippen LogP contribution in [0.2, 0.25) is 0 Å². The van der Waals surface area contributed by atoms with Crippen LogP contribution >= 0.6 is 18.5 Å². The molecule has 0 aliphatic carbocycles. The third-order valence-electron chi connectivity index (χ3n) is 0.875. The smallest absolute Gasteiger partial charge is 0.317 e. The predicted molar refractivity (Wildman–Crippen MR) is 43.5 cm³/mol. The zero-order valence-electron chi connectivity index (χ0n) is 5.08. The Labute approximate surface area is 59.2 Å². The minimum absolute atomic E-state index is 0.118. The molecule has 0 fully saturated rings. The number of carboxylic acid groups (broad SMARTS) is 1. The molecule has 0 spiro atoms. The molecule has 0 amide bonds. The molecule has 0 saturated carbocycles. The highest BCUT2D eigenvalue weighted by molar-refractivity contribution is 7.17. The highest BCUT2D eigenvalue weighted by atomic mass is 31.0. The van der Waals surface area contributed by atoms with Gasteiger partial charge < -0.3 is 5.11 Å². The van der Waals surface area contributed by atoms with Gasteiger partial charge in [-0.25, -0.2) is 0 Å². The van der Waals surface area contributed by atoms with E-state index >= 15 is 0 Å². The zero-order valence-corrected chi connectivity index (χ0v) is 7.39. The predicted octanol–water partition coefficient (Wildman–Crippen LogP) is 0.0382. The average Bonchev–Trinajstić information content (AvgIpc) is 1.82. The van der Waals surface area contributed by atoms with Crippen LogP contribution in [0.4, 0.5) is 0 Å². The van der Waals surface area contributed by atoms with Gasteiger partial charge in [0.05, 0.1) is 6.54 Å². The molecule has 3 nitrogen and oxygen atoms in total. The Balaban J connectivity index is 3.43. The average molecular weight is 167 g/mol. The Morgan fingerprint density at radius 2 is 1.89 bits per heavy atom. The standard InChI is InChI=1S/C4H11NO2P2/c6-4(7)1-5(2-8)3-9/h1-3,8-9H2,(H,6,7). The van der Waals surface area contributed by atoms with Crippen molar-refractivity contribution in [1.29, 1.82) is 0 Å². The van der Waals surface area contributed by atoms with E-state index in [4.69, 9.17) is 5.11 Å². The fourth-order valence-electron chi connectivity index (χ4n) is 0.395. The van der Waals surface area contributed by atoms with Gasteiger partial charge in [0.15, 0.2) is 0 Å². The molecule has 0 aliphatic heterocycles. The summed E-state index contributed by atoms with van der Waals surface area (Å²) in [7, 11) is 4.96. The molecular formula is C4H11NO2P2. The molecule has 2 atom stereocenters. The van der Waals surface area contributed by atoms with Crippen LogP contribution in [0.3, 0.4) is 0 Å². The maximum Gasteiger partial charge on any atom is 0.317 e. The van der Waals surface area contributed by atoms with E-state index in [1.54, 1.807) is 4.90 Å². The van der Waals surface area contributed by atoms with Crippen molar-refractivity contribution >= 4 is 24.4 Å². The van der Waals surface area contributed by atoms with Crippen molar-refractivity contribution in [3.63, 3.8) is 0 Å². The summed E-state index contributed by atoms with van der Waals surface area (Å²) in [6.45, 7) is 0.118. The van der Waals surface area contributed by atoms with Gasteiger partial charge in [-0.1, -0.05) is 0 Å². The lowest BCUT2D eigenvalue weighted by atomic mass is 10.6. The first-order chi connectivity index (χ1) is 4.20. The van der Waals surface area contributed by atoms with E-state index in [9.17, 15) is 4.79 Å². The summed E-state index contributed by atoms with van der Waals surface area (Å²) in [4.78, 5) is 11.8. The number of aliphatic carboxylic acids is 1. The second-order valence-electron chi connectivity index (χ2n) is 1.59. The molecule has 0 aromatic rings.